The molecular weight excluding hydrogens is 460 g/mol. The molecule has 0 aliphatic heterocycles. The molecule has 0 saturated heterocycles. The van der Waals surface area contributed by atoms with Crippen molar-refractivity contribution in [3.63, 3.8) is 0 Å². The lowest BCUT2D eigenvalue weighted by atomic mass is 9.86. The molecule has 36 heavy (non-hydrogen) atoms. The molecule has 0 unspecified atom stereocenters. The minimum atomic E-state index is -2.36. The van der Waals surface area contributed by atoms with Crippen molar-refractivity contribution in [2.45, 2.75) is 97.9 Å². The Labute approximate surface area is 220 Å². The fraction of sp³-hybridized carbons (Fsp3) is 0.562. The third-order valence-corrected chi connectivity index (χ3v) is 10.3. The highest BCUT2D eigenvalue weighted by molar-refractivity contribution is 6.60. The number of rotatable bonds is 13. The van der Waals surface area contributed by atoms with E-state index in [9.17, 15) is 0 Å². The molecule has 0 spiro atoms. The summed E-state index contributed by atoms with van der Waals surface area (Å²) in [7, 11) is -2.36. The average molecular weight is 509 g/mol. The van der Waals surface area contributed by atoms with Crippen molar-refractivity contribution in [1.29, 1.82) is 0 Å². The van der Waals surface area contributed by atoms with Crippen molar-refractivity contribution in [2.24, 2.45) is 0 Å². The van der Waals surface area contributed by atoms with Crippen LogP contribution >= 0.6 is 0 Å². The van der Waals surface area contributed by atoms with Crippen molar-refractivity contribution in [2.75, 3.05) is 19.8 Å². The maximum absolute atomic E-state index is 5.83. The van der Waals surface area contributed by atoms with Crippen LogP contribution in [0, 0.1) is 0 Å². The average Bonchev–Trinajstić information content (AvgIpc) is 2.91. The van der Waals surface area contributed by atoms with Crippen LogP contribution in [0.5, 0.6) is 0 Å². The molecule has 3 nitrogen and oxygen atoms in total. The van der Waals surface area contributed by atoms with Crippen LogP contribution in [0.4, 0.5) is 0 Å². The second kappa shape index (κ2) is 15.5. The van der Waals surface area contributed by atoms with Gasteiger partial charge >= 0.3 is 8.80 Å². The summed E-state index contributed by atoms with van der Waals surface area (Å²) in [5.41, 5.74) is 3.17. The molecule has 4 rings (SSSR count). The summed E-state index contributed by atoms with van der Waals surface area (Å²) < 4.78 is 17.5. The molecule has 0 amide bonds. The smallest absolute Gasteiger partial charge is 0.374 e. The van der Waals surface area contributed by atoms with Gasteiger partial charge in [-0.2, -0.15) is 0 Å². The second-order valence-electron chi connectivity index (χ2n) is 9.79. The summed E-state index contributed by atoms with van der Waals surface area (Å²) in [5.74, 6) is 0. The summed E-state index contributed by atoms with van der Waals surface area (Å²) in [5, 5.41) is 5.64. The molecule has 0 saturated carbocycles. The van der Waals surface area contributed by atoms with Gasteiger partial charge in [0.1, 0.15) is 0 Å². The molecule has 0 heterocycles. The maximum atomic E-state index is 5.83. The fourth-order valence-corrected chi connectivity index (χ4v) is 8.15. The summed E-state index contributed by atoms with van der Waals surface area (Å²) >= 11 is 0. The Bertz CT molecular complexity index is 1030. The van der Waals surface area contributed by atoms with Gasteiger partial charge in [0.15, 0.2) is 0 Å². The lowest BCUT2D eigenvalue weighted by Gasteiger charge is -2.28. The van der Waals surface area contributed by atoms with Crippen molar-refractivity contribution in [3.8, 4) is 0 Å². The van der Waals surface area contributed by atoms with Gasteiger partial charge in [-0.3, -0.25) is 0 Å². The van der Waals surface area contributed by atoms with E-state index in [4.69, 9.17) is 13.3 Å². The van der Waals surface area contributed by atoms with Gasteiger partial charge in [0.2, 0.25) is 0 Å². The molecule has 3 aromatic rings. The van der Waals surface area contributed by atoms with Crippen LogP contribution in [-0.4, -0.2) is 28.6 Å². The predicted molar refractivity (Wildman–Crippen MR) is 157 cm³/mol. The summed E-state index contributed by atoms with van der Waals surface area (Å²) in [4.78, 5) is 0. The fourth-order valence-electron chi connectivity index (χ4n) is 5.47. The maximum Gasteiger partial charge on any atom is 0.500 e. The Morgan fingerprint density at radius 1 is 0.611 bits per heavy atom. The number of benzene rings is 3. The number of aryl methyl sites for hydroxylation is 2. The van der Waals surface area contributed by atoms with Crippen molar-refractivity contribution in [1.82, 2.24) is 0 Å². The van der Waals surface area contributed by atoms with E-state index in [2.05, 4.69) is 55.5 Å². The number of fused-ring (bicyclic) bond motifs is 5. The normalized spacial score (nSPS) is 13.4. The monoisotopic (exact) mass is 508 g/mol. The first-order valence-electron chi connectivity index (χ1n) is 14.5. The number of unbranched alkanes of at least 4 members (excludes halogenated alkanes) is 5. The third kappa shape index (κ3) is 7.89. The second-order valence-corrected chi connectivity index (χ2v) is 12.5. The number of hydrogen-bond donors (Lipinski definition) is 0. The van der Waals surface area contributed by atoms with E-state index in [0.29, 0.717) is 19.8 Å². The zero-order valence-corrected chi connectivity index (χ0v) is 24.2. The van der Waals surface area contributed by atoms with Gasteiger partial charge in [-0.1, -0.05) is 87.6 Å². The van der Waals surface area contributed by atoms with Gasteiger partial charge < -0.3 is 13.3 Å². The highest BCUT2D eigenvalue weighted by Gasteiger charge is 2.39. The molecule has 0 fully saturated rings. The first kappa shape index (κ1) is 28.8. The molecule has 3 aromatic carbocycles. The highest BCUT2D eigenvalue weighted by Crippen LogP contribution is 2.33. The van der Waals surface area contributed by atoms with Gasteiger partial charge in [0.25, 0.3) is 0 Å². The summed E-state index contributed by atoms with van der Waals surface area (Å²) in [6.07, 6.45) is 13.0. The van der Waals surface area contributed by atoms with Crippen LogP contribution < -0.4 is 0 Å². The van der Waals surface area contributed by atoms with E-state index < -0.39 is 8.80 Å². The summed E-state index contributed by atoms with van der Waals surface area (Å²) in [6.45, 7) is 10.3. The van der Waals surface area contributed by atoms with Gasteiger partial charge in [0.05, 0.1) is 0 Å². The van der Waals surface area contributed by atoms with Crippen LogP contribution in [0.2, 0.25) is 6.04 Å². The van der Waals surface area contributed by atoms with E-state index >= 15 is 0 Å². The molecule has 198 valence electrons. The Morgan fingerprint density at radius 2 is 1.25 bits per heavy atom. The standard InChI is InChI=1S/C18H16.C14H32O3Si/c1-3-7-15-13(5-1)9-11-18-16-8-4-2-6-14(16)10-12-17(15)18;1-5-9-10-11-12-13-14-18(15-6-2,16-7-3)17-8-4/h1,3,5,7,9-12H,2,4,6,8H2;5-14H2,1-4H3. The SMILES string of the molecule is CCCCCCCC[Si](OCC)(OCC)OCC.c1ccc2c(c1)ccc1c3c(ccc12)CCCC3. The zero-order valence-electron chi connectivity index (χ0n) is 23.2. The van der Waals surface area contributed by atoms with E-state index in [-0.39, 0.29) is 0 Å². The van der Waals surface area contributed by atoms with Gasteiger partial charge in [-0.25, -0.2) is 0 Å². The van der Waals surface area contributed by atoms with Gasteiger partial charge in [-0.05, 0) is 85.5 Å². The Balaban J connectivity index is 0.000000201. The predicted octanol–water partition coefficient (Wildman–Crippen LogP) is 9.27. The molecule has 0 atom stereocenters. The van der Waals surface area contributed by atoms with Crippen LogP contribution in [0.25, 0.3) is 21.5 Å². The van der Waals surface area contributed by atoms with Crippen molar-refractivity contribution < 1.29 is 13.3 Å². The van der Waals surface area contributed by atoms with E-state index in [1.807, 2.05) is 20.8 Å². The zero-order chi connectivity index (χ0) is 25.6. The molecule has 0 radical (unpaired) electrons. The lowest BCUT2D eigenvalue weighted by molar-refractivity contribution is 0.0706. The van der Waals surface area contributed by atoms with Gasteiger partial charge in [0, 0.05) is 25.9 Å². The van der Waals surface area contributed by atoms with Crippen LogP contribution in [-0.2, 0) is 26.1 Å². The number of hydrogen-bond acceptors (Lipinski definition) is 3. The topological polar surface area (TPSA) is 27.7 Å². The third-order valence-electron chi connectivity index (χ3n) is 7.19. The first-order chi connectivity index (χ1) is 17.7. The minimum absolute atomic E-state index is 0.683. The quantitative estimate of drug-likeness (QED) is 0.131. The highest BCUT2D eigenvalue weighted by atomic mass is 28.4. The van der Waals surface area contributed by atoms with Crippen molar-refractivity contribution in [3.05, 3.63) is 59.7 Å². The summed E-state index contributed by atoms with van der Waals surface area (Å²) in [6, 6.07) is 18.9. The van der Waals surface area contributed by atoms with Crippen LogP contribution in [0.15, 0.2) is 48.5 Å². The molecule has 4 heteroatoms. The molecular formula is C32H48O3Si. The molecule has 1 aliphatic rings. The van der Waals surface area contributed by atoms with E-state index in [0.717, 1.165) is 12.5 Å². The van der Waals surface area contributed by atoms with Crippen molar-refractivity contribution >= 4 is 30.3 Å². The molecule has 0 aromatic heterocycles. The molecule has 0 N–H and O–H groups in total. The van der Waals surface area contributed by atoms with E-state index in [1.54, 1.807) is 11.1 Å². The Hall–Kier alpha value is -1.72. The lowest BCUT2D eigenvalue weighted by Crippen LogP contribution is -2.45. The van der Waals surface area contributed by atoms with Gasteiger partial charge in [-0.15, -0.1) is 0 Å². The van der Waals surface area contributed by atoms with Crippen LogP contribution in [0.3, 0.4) is 0 Å². The molecule has 0 bridgehead atoms. The van der Waals surface area contributed by atoms with E-state index in [1.165, 1.54) is 79.3 Å². The molecule has 1 aliphatic carbocycles. The van der Waals surface area contributed by atoms with Crippen LogP contribution in [0.1, 0.15) is 90.2 Å². The Kier molecular flexibility index (Phi) is 12.4. The first-order valence-corrected chi connectivity index (χ1v) is 16.4. The minimum Gasteiger partial charge on any atom is -0.374 e. The largest absolute Gasteiger partial charge is 0.500 e. The Morgan fingerprint density at radius 3 is 1.97 bits per heavy atom.